The molecule has 2 N–H and O–H groups in total. The molecule has 0 bridgehead atoms. The van der Waals surface area contributed by atoms with E-state index >= 15 is 0 Å². The summed E-state index contributed by atoms with van der Waals surface area (Å²) in [5.41, 5.74) is 5.04. The second-order valence-corrected chi connectivity index (χ2v) is 7.24. The second-order valence-electron chi connectivity index (χ2n) is 7.24. The van der Waals surface area contributed by atoms with E-state index in [1.165, 1.54) is 33.8 Å². The molecule has 8 heteroatoms. The van der Waals surface area contributed by atoms with Crippen molar-refractivity contribution in [2.24, 2.45) is 0 Å². The number of fused-ring (bicyclic) bond motifs is 1. The number of anilines is 1. The number of nitrogens with one attached hydrogen (secondary N) is 2. The molecule has 0 radical (unpaired) electrons. The van der Waals surface area contributed by atoms with Gasteiger partial charge in [-0.1, -0.05) is 18.2 Å². The molecule has 4 rings (SSSR count). The number of aryl methyl sites for hydroxylation is 2. The summed E-state index contributed by atoms with van der Waals surface area (Å²) in [6, 6.07) is 11.7. The number of aromatic amines is 1. The van der Waals surface area contributed by atoms with Gasteiger partial charge >= 0.3 is 5.97 Å². The Morgan fingerprint density at radius 3 is 2.71 bits per heavy atom. The number of ether oxygens (including phenoxy) is 1. The van der Waals surface area contributed by atoms with Gasteiger partial charge in [0.2, 0.25) is 5.95 Å². The Kier molecular flexibility index (Phi) is 5.53. The van der Waals surface area contributed by atoms with Crippen molar-refractivity contribution in [1.29, 1.82) is 0 Å². The number of esters is 1. The quantitative estimate of drug-likeness (QED) is 0.466. The monoisotopic (exact) mass is 417 g/mol. The highest BCUT2D eigenvalue weighted by Crippen LogP contribution is 2.19. The van der Waals surface area contributed by atoms with Crippen molar-refractivity contribution in [2.45, 2.75) is 27.3 Å². The molecule has 2 aromatic carbocycles. The van der Waals surface area contributed by atoms with E-state index in [0.717, 1.165) is 5.69 Å². The van der Waals surface area contributed by atoms with Gasteiger partial charge in [0.05, 0.1) is 29.3 Å². The van der Waals surface area contributed by atoms with Crippen LogP contribution in [-0.2, 0) is 11.3 Å². The minimum absolute atomic E-state index is 0.226. The fourth-order valence-corrected chi connectivity index (χ4v) is 3.42. The molecular formula is C23H23N5O3. The van der Waals surface area contributed by atoms with Crippen LogP contribution >= 0.6 is 0 Å². The number of rotatable bonds is 6. The molecule has 8 nitrogen and oxygen atoms in total. The first-order valence-electron chi connectivity index (χ1n) is 10.0. The summed E-state index contributed by atoms with van der Waals surface area (Å²) in [6.45, 7) is 6.84. The van der Waals surface area contributed by atoms with Gasteiger partial charge in [0, 0.05) is 18.4 Å². The molecule has 0 saturated carbocycles. The molecule has 158 valence electrons. The number of hydrogen-bond donors (Lipinski definition) is 2. The molecule has 0 amide bonds. The van der Waals surface area contributed by atoms with Gasteiger partial charge in [0.25, 0.3) is 5.56 Å². The summed E-state index contributed by atoms with van der Waals surface area (Å²) < 4.78 is 6.31. The largest absolute Gasteiger partial charge is 0.462 e. The van der Waals surface area contributed by atoms with Crippen molar-refractivity contribution >= 4 is 22.6 Å². The molecule has 0 aliphatic heterocycles. The molecule has 0 fully saturated rings. The first kappa shape index (κ1) is 20.3. The Balaban J connectivity index is 1.60. The fraction of sp³-hybridized carbons (Fsp3) is 0.217. The van der Waals surface area contributed by atoms with Crippen molar-refractivity contribution in [3.8, 4) is 5.95 Å². The molecule has 0 aliphatic rings. The van der Waals surface area contributed by atoms with Gasteiger partial charge in [-0.15, -0.1) is 0 Å². The van der Waals surface area contributed by atoms with Crippen LogP contribution in [0.25, 0.3) is 16.9 Å². The molecule has 2 heterocycles. The average molecular weight is 417 g/mol. The van der Waals surface area contributed by atoms with Crippen LogP contribution in [0.3, 0.4) is 0 Å². The van der Waals surface area contributed by atoms with E-state index in [2.05, 4.69) is 46.4 Å². The van der Waals surface area contributed by atoms with Gasteiger partial charge in [0.15, 0.2) is 0 Å². The van der Waals surface area contributed by atoms with Crippen molar-refractivity contribution in [3.05, 3.63) is 81.4 Å². The van der Waals surface area contributed by atoms with Crippen molar-refractivity contribution in [1.82, 2.24) is 19.7 Å². The van der Waals surface area contributed by atoms with E-state index in [1.54, 1.807) is 19.1 Å². The Labute approximate surface area is 178 Å². The van der Waals surface area contributed by atoms with E-state index in [9.17, 15) is 9.59 Å². The SMILES string of the molecule is CCOC(=O)c1cnn(-c2nc3ccc(NCc4c(C)cccc4C)cc3c(=O)[nH]2)c1. The summed E-state index contributed by atoms with van der Waals surface area (Å²) in [5.74, 6) is -0.249. The minimum Gasteiger partial charge on any atom is -0.462 e. The summed E-state index contributed by atoms with van der Waals surface area (Å²) in [7, 11) is 0. The van der Waals surface area contributed by atoms with Crippen LogP contribution in [0.4, 0.5) is 5.69 Å². The molecule has 31 heavy (non-hydrogen) atoms. The predicted octanol–water partition coefficient (Wildman–Crippen LogP) is 3.51. The first-order chi connectivity index (χ1) is 15.0. The lowest BCUT2D eigenvalue weighted by Gasteiger charge is -2.12. The molecule has 2 aromatic heterocycles. The van der Waals surface area contributed by atoms with E-state index < -0.39 is 5.97 Å². The molecule has 0 unspecified atom stereocenters. The highest BCUT2D eigenvalue weighted by Gasteiger charge is 2.13. The smallest absolute Gasteiger partial charge is 0.341 e. The summed E-state index contributed by atoms with van der Waals surface area (Å²) in [6.07, 6.45) is 2.85. The maximum Gasteiger partial charge on any atom is 0.341 e. The fourth-order valence-electron chi connectivity index (χ4n) is 3.42. The highest BCUT2D eigenvalue weighted by molar-refractivity contribution is 5.88. The molecule has 0 spiro atoms. The summed E-state index contributed by atoms with van der Waals surface area (Å²) in [4.78, 5) is 31.7. The zero-order chi connectivity index (χ0) is 22.0. The number of carbonyl (C=O) groups is 1. The van der Waals surface area contributed by atoms with Crippen LogP contribution in [0, 0.1) is 13.8 Å². The molecule has 4 aromatic rings. The topological polar surface area (TPSA) is 102 Å². The minimum atomic E-state index is -0.475. The first-order valence-corrected chi connectivity index (χ1v) is 10.0. The number of aromatic nitrogens is 4. The number of carbonyl (C=O) groups excluding carboxylic acids is 1. The number of benzene rings is 2. The number of hydrogen-bond acceptors (Lipinski definition) is 6. The Hall–Kier alpha value is -3.94. The van der Waals surface area contributed by atoms with E-state index in [0.29, 0.717) is 17.4 Å². The van der Waals surface area contributed by atoms with Gasteiger partial charge in [-0.2, -0.15) is 5.10 Å². The van der Waals surface area contributed by atoms with E-state index in [1.807, 2.05) is 12.1 Å². The van der Waals surface area contributed by atoms with E-state index in [-0.39, 0.29) is 23.7 Å². The Bertz CT molecular complexity index is 1300. The third-order valence-electron chi connectivity index (χ3n) is 5.12. The van der Waals surface area contributed by atoms with Crippen molar-refractivity contribution < 1.29 is 9.53 Å². The molecular weight excluding hydrogens is 394 g/mol. The van der Waals surface area contributed by atoms with E-state index in [4.69, 9.17) is 4.74 Å². The lowest BCUT2D eigenvalue weighted by Crippen LogP contribution is -2.14. The Morgan fingerprint density at radius 2 is 1.97 bits per heavy atom. The van der Waals surface area contributed by atoms with Crippen LogP contribution < -0.4 is 10.9 Å². The Morgan fingerprint density at radius 1 is 1.19 bits per heavy atom. The lowest BCUT2D eigenvalue weighted by atomic mass is 10.0. The highest BCUT2D eigenvalue weighted by atomic mass is 16.5. The third-order valence-corrected chi connectivity index (χ3v) is 5.12. The average Bonchev–Trinajstić information content (AvgIpc) is 3.24. The second kappa shape index (κ2) is 8.43. The van der Waals surface area contributed by atoms with Crippen LogP contribution in [0.1, 0.15) is 34.0 Å². The summed E-state index contributed by atoms with van der Waals surface area (Å²) >= 11 is 0. The van der Waals surface area contributed by atoms with Crippen LogP contribution in [-0.4, -0.2) is 32.3 Å². The number of H-pyrrole nitrogens is 1. The molecule has 0 aliphatic carbocycles. The number of nitrogens with zero attached hydrogens (tertiary/aromatic N) is 3. The van der Waals surface area contributed by atoms with Crippen LogP contribution in [0.5, 0.6) is 0 Å². The van der Waals surface area contributed by atoms with Gasteiger partial charge in [-0.25, -0.2) is 14.5 Å². The van der Waals surface area contributed by atoms with Gasteiger partial charge in [-0.05, 0) is 55.7 Å². The zero-order valence-electron chi connectivity index (χ0n) is 17.6. The van der Waals surface area contributed by atoms with Gasteiger partial charge in [-0.3, -0.25) is 9.78 Å². The van der Waals surface area contributed by atoms with Crippen molar-refractivity contribution in [3.63, 3.8) is 0 Å². The van der Waals surface area contributed by atoms with Crippen LogP contribution in [0.2, 0.25) is 0 Å². The predicted molar refractivity (Wildman–Crippen MR) is 119 cm³/mol. The third kappa shape index (κ3) is 4.18. The van der Waals surface area contributed by atoms with Gasteiger partial charge in [0.1, 0.15) is 0 Å². The maximum absolute atomic E-state index is 12.7. The maximum atomic E-state index is 12.7. The van der Waals surface area contributed by atoms with Crippen LogP contribution in [0.15, 0.2) is 53.6 Å². The lowest BCUT2D eigenvalue weighted by molar-refractivity contribution is 0.0526. The zero-order valence-corrected chi connectivity index (χ0v) is 17.6. The van der Waals surface area contributed by atoms with Gasteiger partial charge < -0.3 is 10.1 Å². The normalized spacial score (nSPS) is 10.9. The molecule has 0 saturated heterocycles. The standard InChI is InChI=1S/C23H23N5O3/c1-4-31-22(30)16-11-25-28(13-16)23-26-20-9-8-17(10-18(20)21(29)27-23)24-12-19-14(2)6-5-7-15(19)3/h5-11,13,24H,4,12H2,1-3H3,(H,26,27,29). The van der Waals surface area contributed by atoms with Crippen molar-refractivity contribution in [2.75, 3.05) is 11.9 Å². The summed E-state index contributed by atoms with van der Waals surface area (Å²) in [5, 5.41) is 7.96. The molecule has 0 atom stereocenters.